The Balaban J connectivity index is 1.63. The highest BCUT2D eigenvalue weighted by Gasteiger charge is 2.33. The quantitative estimate of drug-likeness (QED) is 0.731. The average molecular weight is 382 g/mol. The molecule has 1 N–H and O–H groups in total. The molecule has 0 unspecified atom stereocenters. The van der Waals surface area contributed by atoms with Crippen molar-refractivity contribution >= 4 is 10.0 Å². The van der Waals surface area contributed by atoms with Gasteiger partial charge in [0.15, 0.2) is 0 Å². The summed E-state index contributed by atoms with van der Waals surface area (Å²) in [5.74, 6) is 0.834. The van der Waals surface area contributed by atoms with Gasteiger partial charge < -0.3 is 9.73 Å². The first-order valence-corrected chi connectivity index (χ1v) is 10.5. The normalized spacial score (nSPS) is 19.3. The first kappa shape index (κ1) is 18.0. The fraction of sp³-hybridized carbons (Fsp3) is 0.238. The molecule has 4 rings (SSSR count). The molecule has 2 heterocycles. The molecular weight excluding hydrogens is 360 g/mol. The van der Waals surface area contributed by atoms with Crippen LogP contribution in [0.2, 0.25) is 0 Å². The Morgan fingerprint density at radius 3 is 2.56 bits per heavy atom. The van der Waals surface area contributed by atoms with Crippen molar-refractivity contribution in [2.45, 2.75) is 30.4 Å². The first-order chi connectivity index (χ1) is 13.1. The van der Waals surface area contributed by atoms with E-state index in [9.17, 15) is 8.42 Å². The molecule has 0 bridgehead atoms. The lowest BCUT2D eigenvalue weighted by Gasteiger charge is -2.20. The summed E-state index contributed by atoms with van der Waals surface area (Å²) in [5.41, 5.74) is 1.81. The number of hydrogen-bond acceptors (Lipinski definition) is 4. The number of sulfonamides is 1. The Morgan fingerprint density at radius 2 is 1.78 bits per heavy atom. The number of nitrogens with one attached hydrogen (secondary N) is 1. The Kier molecular flexibility index (Phi) is 5.11. The van der Waals surface area contributed by atoms with Gasteiger partial charge in [-0.05, 0) is 35.7 Å². The highest BCUT2D eigenvalue weighted by Crippen LogP contribution is 2.32. The maximum atomic E-state index is 13.3. The van der Waals surface area contributed by atoms with Crippen LogP contribution in [0.1, 0.15) is 29.3 Å². The van der Waals surface area contributed by atoms with Gasteiger partial charge in [-0.15, -0.1) is 0 Å². The van der Waals surface area contributed by atoms with Gasteiger partial charge in [0.05, 0.1) is 17.7 Å². The predicted molar refractivity (Wildman–Crippen MR) is 103 cm³/mol. The molecule has 0 fully saturated rings. The highest BCUT2D eigenvalue weighted by atomic mass is 32.2. The van der Waals surface area contributed by atoms with Crippen LogP contribution in [-0.2, 0) is 23.1 Å². The summed E-state index contributed by atoms with van der Waals surface area (Å²) in [6.07, 6.45) is 2.34. The second-order valence-electron chi connectivity index (χ2n) is 6.66. The van der Waals surface area contributed by atoms with E-state index in [4.69, 9.17) is 4.42 Å². The highest BCUT2D eigenvalue weighted by molar-refractivity contribution is 7.89. The van der Waals surface area contributed by atoms with E-state index >= 15 is 0 Å². The summed E-state index contributed by atoms with van der Waals surface area (Å²) in [6.45, 7) is 1.40. The topological polar surface area (TPSA) is 62.6 Å². The largest absolute Gasteiger partial charge is 0.468 e. The minimum Gasteiger partial charge on any atom is -0.468 e. The van der Waals surface area contributed by atoms with Crippen molar-refractivity contribution in [2.24, 2.45) is 0 Å². The summed E-state index contributed by atoms with van der Waals surface area (Å²) in [4.78, 5) is 0.385. The lowest BCUT2D eigenvalue weighted by atomic mass is 10.0. The first-order valence-electron chi connectivity index (χ1n) is 9.03. The van der Waals surface area contributed by atoms with Crippen LogP contribution in [0.4, 0.5) is 0 Å². The van der Waals surface area contributed by atoms with E-state index in [1.54, 1.807) is 22.7 Å². The van der Waals surface area contributed by atoms with Crippen LogP contribution < -0.4 is 5.32 Å². The van der Waals surface area contributed by atoms with E-state index in [1.807, 2.05) is 54.6 Å². The van der Waals surface area contributed by atoms with Gasteiger partial charge in [-0.3, -0.25) is 0 Å². The van der Waals surface area contributed by atoms with Crippen molar-refractivity contribution in [3.63, 3.8) is 0 Å². The van der Waals surface area contributed by atoms with Crippen molar-refractivity contribution in [1.29, 1.82) is 0 Å². The van der Waals surface area contributed by atoms with Crippen molar-refractivity contribution in [2.75, 3.05) is 6.54 Å². The smallest absolute Gasteiger partial charge is 0.243 e. The van der Waals surface area contributed by atoms with E-state index in [2.05, 4.69) is 5.32 Å². The SMILES string of the molecule is O=S1(=O)c2ccccc2[C@H](NCc2ccco2)CCN1Cc1ccccc1. The summed E-state index contributed by atoms with van der Waals surface area (Å²) in [7, 11) is -3.55. The molecule has 5 nitrogen and oxygen atoms in total. The summed E-state index contributed by atoms with van der Waals surface area (Å²) in [5, 5.41) is 3.46. The third-order valence-electron chi connectivity index (χ3n) is 4.88. The van der Waals surface area contributed by atoms with Crippen molar-refractivity contribution in [1.82, 2.24) is 9.62 Å². The summed E-state index contributed by atoms with van der Waals surface area (Å²) < 4.78 is 33.5. The maximum Gasteiger partial charge on any atom is 0.243 e. The van der Waals surface area contributed by atoms with E-state index in [0.29, 0.717) is 31.0 Å². The fourth-order valence-electron chi connectivity index (χ4n) is 3.49. The minimum atomic E-state index is -3.55. The molecule has 0 spiro atoms. The summed E-state index contributed by atoms with van der Waals surface area (Å²) >= 11 is 0. The van der Waals surface area contributed by atoms with Crippen LogP contribution in [0.15, 0.2) is 82.3 Å². The molecule has 6 heteroatoms. The van der Waals surface area contributed by atoms with Gasteiger partial charge in [-0.25, -0.2) is 8.42 Å². The third-order valence-corrected chi connectivity index (χ3v) is 6.80. The zero-order valence-corrected chi connectivity index (χ0v) is 15.7. The number of benzene rings is 2. The molecular formula is C21H22N2O3S. The van der Waals surface area contributed by atoms with Gasteiger partial charge in [0.2, 0.25) is 10.0 Å². The number of nitrogens with zero attached hydrogens (tertiary/aromatic N) is 1. The lowest BCUT2D eigenvalue weighted by molar-refractivity contribution is 0.370. The van der Waals surface area contributed by atoms with Gasteiger partial charge >= 0.3 is 0 Å². The average Bonchev–Trinajstić information content (AvgIpc) is 3.18. The van der Waals surface area contributed by atoms with Crippen LogP contribution in [0.5, 0.6) is 0 Å². The Bertz CT molecular complexity index is 985. The van der Waals surface area contributed by atoms with Crippen LogP contribution in [0.3, 0.4) is 0 Å². The van der Waals surface area contributed by atoms with E-state index in [0.717, 1.165) is 16.9 Å². The molecule has 140 valence electrons. The van der Waals surface area contributed by atoms with Gasteiger partial charge in [-0.1, -0.05) is 48.5 Å². The van der Waals surface area contributed by atoms with E-state index in [1.165, 1.54) is 0 Å². The second-order valence-corrected chi connectivity index (χ2v) is 8.57. The monoisotopic (exact) mass is 382 g/mol. The molecule has 1 aliphatic heterocycles. The van der Waals surface area contributed by atoms with Crippen molar-refractivity contribution in [3.8, 4) is 0 Å². The molecule has 0 aliphatic carbocycles. The molecule has 0 amide bonds. The van der Waals surface area contributed by atoms with Crippen LogP contribution in [0.25, 0.3) is 0 Å². The number of rotatable bonds is 5. The molecule has 1 aliphatic rings. The Hall–Kier alpha value is -2.41. The third kappa shape index (κ3) is 3.83. The van der Waals surface area contributed by atoms with Crippen LogP contribution in [0, 0.1) is 0 Å². The predicted octanol–water partition coefficient (Wildman–Crippen LogP) is 3.71. The number of hydrogen-bond donors (Lipinski definition) is 1. The van der Waals surface area contributed by atoms with Crippen LogP contribution in [-0.4, -0.2) is 19.3 Å². The van der Waals surface area contributed by atoms with Gasteiger partial charge in [0.25, 0.3) is 0 Å². The molecule has 1 aromatic heterocycles. The van der Waals surface area contributed by atoms with Gasteiger partial charge in [-0.2, -0.15) is 4.31 Å². The minimum absolute atomic E-state index is 0.0538. The molecule has 3 aromatic rings. The van der Waals surface area contributed by atoms with E-state index in [-0.39, 0.29) is 6.04 Å². The molecule has 0 radical (unpaired) electrons. The van der Waals surface area contributed by atoms with Crippen molar-refractivity contribution < 1.29 is 12.8 Å². The van der Waals surface area contributed by atoms with Gasteiger partial charge in [0, 0.05) is 19.1 Å². The molecule has 1 atom stereocenters. The number of furan rings is 1. The summed E-state index contributed by atoms with van der Waals surface area (Å²) in [6, 6.07) is 20.7. The lowest BCUT2D eigenvalue weighted by Crippen LogP contribution is -2.30. The molecule has 2 aromatic carbocycles. The maximum absolute atomic E-state index is 13.3. The zero-order chi connectivity index (χ0) is 18.7. The molecule has 0 saturated heterocycles. The molecule has 0 saturated carbocycles. The second kappa shape index (κ2) is 7.68. The fourth-order valence-corrected chi connectivity index (χ4v) is 5.19. The van der Waals surface area contributed by atoms with E-state index < -0.39 is 10.0 Å². The van der Waals surface area contributed by atoms with Crippen molar-refractivity contribution in [3.05, 3.63) is 89.9 Å². The Labute approximate surface area is 159 Å². The molecule has 27 heavy (non-hydrogen) atoms. The zero-order valence-electron chi connectivity index (χ0n) is 14.9. The number of fused-ring (bicyclic) bond motifs is 1. The standard InChI is InChI=1S/C21H22N2O3S/c24-27(25)21-11-5-4-10-19(21)20(22-15-18-9-6-14-26-18)12-13-23(27)16-17-7-2-1-3-8-17/h1-11,14,20,22H,12-13,15-16H2/t20-/m1/s1. The Morgan fingerprint density at radius 1 is 1.00 bits per heavy atom. The van der Waals surface area contributed by atoms with Crippen LogP contribution >= 0.6 is 0 Å². The van der Waals surface area contributed by atoms with Gasteiger partial charge in [0.1, 0.15) is 5.76 Å².